The van der Waals surface area contributed by atoms with E-state index in [1.165, 1.54) is 14.0 Å². The molecular weight excluding hydrogens is 432 g/mol. The van der Waals surface area contributed by atoms with E-state index in [4.69, 9.17) is 10.0 Å². The predicted molar refractivity (Wildman–Crippen MR) is 134 cm³/mol. The van der Waals surface area contributed by atoms with Gasteiger partial charge in [0.15, 0.2) is 0 Å². The van der Waals surface area contributed by atoms with Gasteiger partial charge in [0, 0.05) is 51.1 Å². The van der Waals surface area contributed by atoms with Gasteiger partial charge in [-0.15, -0.1) is 0 Å². The molecule has 0 bridgehead atoms. The van der Waals surface area contributed by atoms with Gasteiger partial charge in [-0.1, -0.05) is 44.2 Å². The van der Waals surface area contributed by atoms with E-state index in [0.717, 1.165) is 24.7 Å². The molecule has 4 unspecified atom stereocenters. The molecule has 3 N–H and O–H groups in total. The van der Waals surface area contributed by atoms with Gasteiger partial charge in [-0.25, -0.2) is 5.48 Å². The SMILES string of the molecule is CC(C)CC1CCN(C(Cc2ccccc2)C(=O)N2CC(C)NC(C)C2)C1=O.CC=O.CNO. The van der Waals surface area contributed by atoms with Crippen LogP contribution in [0, 0.1) is 11.8 Å². The van der Waals surface area contributed by atoms with Crippen molar-refractivity contribution in [2.75, 3.05) is 26.7 Å². The second-order valence-electron chi connectivity index (χ2n) is 9.52. The highest BCUT2D eigenvalue weighted by Crippen LogP contribution is 2.28. The zero-order valence-electron chi connectivity index (χ0n) is 21.7. The minimum absolute atomic E-state index is 0.0620. The Bertz CT molecular complexity index is 734. The van der Waals surface area contributed by atoms with Crippen LogP contribution in [-0.4, -0.2) is 77.9 Å². The van der Waals surface area contributed by atoms with Crippen molar-refractivity contribution in [3.63, 3.8) is 0 Å². The van der Waals surface area contributed by atoms with Gasteiger partial charge in [-0.2, -0.15) is 0 Å². The van der Waals surface area contributed by atoms with Crippen LogP contribution in [0.4, 0.5) is 0 Å². The molecule has 2 heterocycles. The Hall–Kier alpha value is -2.29. The molecular formula is C26H44N4O4. The fraction of sp³-hybridized carbons (Fsp3) is 0.654. The molecule has 1 aromatic rings. The van der Waals surface area contributed by atoms with Crippen LogP contribution < -0.4 is 10.8 Å². The zero-order valence-corrected chi connectivity index (χ0v) is 21.7. The Morgan fingerprint density at radius 2 is 1.74 bits per heavy atom. The third-order valence-corrected chi connectivity index (χ3v) is 5.91. The normalized spacial score (nSPS) is 22.9. The Balaban J connectivity index is 0.000000872. The van der Waals surface area contributed by atoms with Crippen LogP contribution in [0.2, 0.25) is 0 Å². The number of hydrogen-bond acceptors (Lipinski definition) is 6. The number of benzene rings is 1. The Labute approximate surface area is 205 Å². The summed E-state index contributed by atoms with van der Waals surface area (Å²) >= 11 is 0. The van der Waals surface area contributed by atoms with Crippen LogP contribution >= 0.6 is 0 Å². The number of rotatable bonds is 6. The third kappa shape index (κ3) is 9.52. The molecule has 0 radical (unpaired) electrons. The number of nitrogens with one attached hydrogen (secondary N) is 2. The Morgan fingerprint density at radius 3 is 2.24 bits per heavy atom. The van der Waals surface area contributed by atoms with E-state index in [1.54, 1.807) is 5.48 Å². The lowest BCUT2D eigenvalue weighted by Gasteiger charge is -2.39. The van der Waals surface area contributed by atoms with E-state index in [9.17, 15) is 9.59 Å². The summed E-state index contributed by atoms with van der Waals surface area (Å²) in [5.41, 5.74) is 2.86. The zero-order chi connectivity index (χ0) is 25.7. The van der Waals surface area contributed by atoms with Gasteiger partial charge in [-0.05, 0) is 45.1 Å². The molecule has 2 amide bonds. The molecule has 1 aromatic carbocycles. The fourth-order valence-electron chi connectivity index (χ4n) is 4.75. The Kier molecular flexibility index (Phi) is 13.6. The summed E-state index contributed by atoms with van der Waals surface area (Å²) in [6.07, 6.45) is 3.11. The number of likely N-dealkylation sites (tertiary alicyclic amines) is 1. The predicted octanol–water partition coefficient (Wildman–Crippen LogP) is 2.50. The maximum absolute atomic E-state index is 13.6. The van der Waals surface area contributed by atoms with Gasteiger partial charge in [0.25, 0.3) is 0 Å². The average molecular weight is 477 g/mol. The molecule has 0 spiro atoms. The summed E-state index contributed by atoms with van der Waals surface area (Å²) < 4.78 is 0. The highest BCUT2D eigenvalue weighted by Gasteiger charge is 2.41. The number of aldehydes is 1. The smallest absolute Gasteiger partial charge is 0.245 e. The van der Waals surface area contributed by atoms with Crippen molar-refractivity contribution >= 4 is 18.1 Å². The summed E-state index contributed by atoms with van der Waals surface area (Å²) in [4.78, 5) is 39.3. The maximum atomic E-state index is 13.6. The van der Waals surface area contributed by atoms with E-state index < -0.39 is 6.04 Å². The van der Waals surface area contributed by atoms with Gasteiger partial charge < -0.3 is 25.1 Å². The first-order chi connectivity index (χ1) is 16.2. The highest BCUT2D eigenvalue weighted by molar-refractivity contribution is 5.90. The van der Waals surface area contributed by atoms with Crippen LogP contribution in [0.15, 0.2) is 30.3 Å². The van der Waals surface area contributed by atoms with Crippen molar-refractivity contribution in [3.05, 3.63) is 35.9 Å². The van der Waals surface area contributed by atoms with Gasteiger partial charge in [-0.3, -0.25) is 9.59 Å². The summed E-state index contributed by atoms with van der Waals surface area (Å²) in [7, 11) is 1.43. The quantitative estimate of drug-likeness (QED) is 0.431. The van der Waals surface area contributed by atoms with Gasteiger partial charge in [0.2, 0.25) is 11.8 Å². The molecule has 0 saturated carbocycles. The molecule has 2 aliphatic rings. The van der Waals surface area contributed by atoms with Crippen LogP contribution in [0.25, 0.3) is 0 Å². The lowest BCUT2D eigenvalue weighted by Crippen LogP contribution is -2.60. The molecule has 8 heteroatoms. The molecule has 34 heavy (non-hydrogen) atoms. The highest BCUT2D eigenvalue weighted by atomic mass is 16.5. The minimum Gasteiger partial charge on any atom is -0.338 e. The maximum Gasteiger partial charge on any atom is 0.245 e. The second kappa shape index (κ2) is 15.6. The summed E-state index contributed by atoms with van der Waals surface area (Å²) in [6, 6.07) is 10.2. The van der Waals surface area contributed by atoms with Gasteiger partial charge >= 0.3 is 0 Å². The van der Waals surface area contributed by atoms with E-state index in [0.29, 0.717) is 32.0 Å². The third-order valence-electron chi connectivity index (χ3n) is 5.91. The molecule has 2 fully saturated rings. The molecule has 192 valence electrons. The number of hydrogen-bond donors (Lipinski definition) is 3. The van der Waals surface area contributed by atoms with Crippen molar-refractivity contribution < 1.29 is 19.6 Å². The molecule has 2 saturated heterocycles. The van der Waals surface area contributed by atoms with Crippen LogP contribution in [0.3, 0.4) is 0 Å². The molecule has 0 aromatic heterocycles. The monoisotopic (exact) mass is 476 g/mol. The number of piperazine rings is 1. The second-order valence-corrected chi connectivity index (χ2v) is 9.52. The van der Waals surface area contributed by atoms with Crippen LogP contribution in [-0.2, 0) is 20.8 Å². The van der Waals surface area contributed by atoms with Crippen LogP contribution in [0.1, 0.15) is 53.0 Å². The lowest BCUT2D eigenvalue weighted by molar-refractivity contribution is -0.146. The number of carbonyl (C=O) groups is 3. The summed E-state index contributed by atoms with van der Waals surface area (Å²) in [6.45, 7) is 12.1. The molecule has 4 atom stereocenters. The van der Waals surface area contributed by atoms with E-state index in [-0.39, 0.29) is 29.8 Å². The van der Waals surface area contributed by atoms with Crippen molar-refractivity contribution in [1.82, 2.24) is 20.6 Å². The van der Waals surface area contributed by atoms with Crippen molar-refractivity contribution in [1.29, 1.82) is 0 Å². The Morgan fingerprint density at radius 1 is 1.21 bits per heavy atom. The molecule has 8 nitrogen and oxygen atoms in total. The van der Waals surface area contributed by atoms with E-state index in [2.05, 4.69) is 45.1 Å². The number of carbonyl (C=O) groups excluding carboxylic acids is 3. The number of amides is 2. The lowest BCUT2D eigenvalue weighted by atomic mass is 9.96. The number of hydroxylamine groups is 1. The van der Waals surface area contributed by atoms with Crippen molar-refractivity contribution in [3.8, 4) is 0 Å². The number of nitrogens with zero attached hydrogens (tertiary/aromatic N) is 2. The topological polar surface area (TPSA) is 102 Å². The standard InChI is InChI=1S/C23H35N3O2.C2H4O.CH5NO/c1-16(2)12-20-10-11-26(22(20)27)21(13-19-8-6-5-7-9-19)23(28)25-14-17(3)24-18(4)15-25;2*1-2-3/h5-9,16-18,20-21,24H,10-15H2,1-4H3;2H,1H3;2-3H,1H3. The molecule has 0 aliphatic carbocycles. The van der Waals surface area contributed by atoms with Crippen molar-refractivity contribution in [2.24, 2.45) is 11.8 Å². The summed E-state index contributed by atoms with van der Waals surface area (Å²) in [5, 5.41) is 10.8. The van der Waals surface area contributed by atoms with E-state index >= 15 is 0 Å². The first kappa shape index (κ1) is 29.7. The summed E-state index contributed by atoms with van der Waals surface area (Å²) in [5.74, 6) is 0.820. The molecule has 2 aliphatic heterocycles. The minimum atomic E-state index is -0.399. The van der Waals surface area contributed by atoms with Gasteiger partial charge in [0.1, 0.15) is 12.3 Å². The first-order valence-electron chi connectivity index (χ1n) is 12.3. The van der Waals surface area contributed by atoms with Crippen LogP contribution in [0.5, 0.6) is 0 Å². The van der Waals surface area contributed by atoms with Gasteiger partial charge in [0.05, 0.1) is 0 Å². The molecule has 3 rings (SSSR count). The fourth-order valence-corrected chi connectivity index (χ4v) is 4.75. The first-order valence-corrected chi connectivity index (χ1v) is 12.3. The average Bonchev–Trinajstić information content (AvgIpc) is 3.12. The van der Waals surface area contributed by atoms with Crippen molar-refractivity contribution in [2.45, 2.75) is 72.0 Å². The van der Waals surface area contributed by atoms with E-state index in [1.807, 2.05) is 28.0 Å². The largest absolute Gasteiger partial charge is 0.338 e.